The number of hydrogen-bond donors (Lipinski definition) is 1. The number of unbranched alkanes of at least 4 members (excludes halogenated alkanes) is 1. The van der Waals surface area contributed by atoms with Gasteiger partial charge >= 0.3 is 0 Å². The molecule has 2 aromatic carbocycles. The Balaban J connectivity index is 2.08. The van der Waals surface area contributed by atoms with Gasteiger partial charge in [-0.1, -0.05) is 65.3 Å². The first-order valence-corrected chi connectivity index (χ1v) is 11.7. The molecule has 4 heteroatoms. The SMILES string of the molecule is CCCCOc1ccc(CCC(=O)Nc2c(C(C)C)cccc2C(C)C)cc1OCC. The van der Waals surface area contributed by atoms with Gasteiger partial charge in [0.15, 0.2) is 11.5 Å². The van der Waals surface area contributed by atoms with Crippen LogP contribution >= 0.6 is 0 Å². The Morgan fingerprint density at radius 3 is 2.19 bits per heavy atom. The lowest BCUT2D eigenvalue weighted by Gasteiger charge is -2.20. The third-order valence-corrected chi connectivity index (χ3v) is 5.34. The van der Waals surface area contributed by atoms with Crippen LogP contribution in [0.1, 0.15) is 89.3 Å². The van der Waals surface area contributed by atoms with Gasteiger partial charge in [-0.25, -0.2) is 0 Å². The number of carbonyl (C=O) groups excluding carboxylic acids is 1. The number of aryl methyl sites for hydroxylation is 1. The predicted octanol–water partition coefficient (Wildman–Crippen LogP) is 7.08. The quantitative estimate of drug-likeness (QED) is 0.370. The maximum absolute atomic E-state index is 12.8. The van der Waals surface area contributed by atoms with Gasteiger partial charge in [0.05, 0.1) is 13.2 Å². The van der Waals surface area contributed by atoms with E-state index in [9.17, 15) is 4.79 Å². The Kier molecular flexibility index (Phi) is 9.90. The van der Waals surface area contributed by atoms with E-state index in [0.29, 0.717) is 37.9 Å². The van der Waals surface area contributed by atoms with Crippen LogP contribution in [0.4, 0.5) is 5.69 Å². The van der Waals surface area contributed by atoms with Crippen molar-refractivity contribution in [1.29, 1.82) is 0 Å². The number of nitrogens with one attached hydrogen (secondary N) is 1. The topological polar surface area (TPSA) is 47.6 Å². The van der Waals surface area contributed by atoms with Crippen LogP contribution in [0.15, 0.2) is 36.4 Å². The second kappa shape index (κ2) is 12.4. The van der Waals surface area contributed by atoms with Crippen LogP contribution in [0.25, 0.3) is 0 Å². The predicted molar refractivity (Wildman–Crippen MR) is 130 cm³/mol. The molecule has 0 aliphatic heterocycles. The summed E-state index contributed by atoms with van der Waals surface area (Å²) in [6.45, 7) is 14.0. The minimum absolute atomic E-state index is 0.0382. The number of amides is 1. The van der Waals surface area contributed by atoms with Crippen LogP contribution in [0.5, 0.6) is 11.5 Å². The summed E-state index contributed by atoms with van der Waals surface area (Å²) < 4.78 is 11.6. The average Bonchev–Trinajstić information content (AvgIpc) is 2.73. The number of ether oxygens (including phenoxy) is 2. The summed E-state index contributed by atoms with van der Waals surface area (Å²) in [7, 11) is 0. The molecule has 1 N–H and O–H groups in total. The van der Waals surface area contributed by atoms with E-state index < -0.39 is 0 Å². The largest absolute Gasteiger partial charge is 0.490 e. The van der Waals surface area contributed by atoms with E-state index >= 15 is 0 Å². The molecule has 0 unspecified atom stereocenters. The molecular weight excluding hydrogens is 386 g/mol. The summed E-state index contributed by atoms with van der Waals surface area (Å²) in [5.41, 5.74) is 4.42. The van der Waals surface area contributed by atoms with Gasteiger partial charge in [0.25, 0.3) is 0 Å². The first-order valence-electron chi connectivity index (χ1n) is 11.7. The standard InChI is InChI=1S/C27H39NO3/c1-7-9-17-31-24-15-13-21(18-25(24)30-8-2)14-16-26(29)28-27-22(19(3)4)11-10-12-23(27)20(5)6/h10-13,15,18-20H,7-9,14,16-17H2,1-6H3,(H,28,29). The van der Waals surface area contributed by atoms with Gasteiger partial charge in [0, 0.05) is 12.1 Å². The fraction of sp³-hybridized carbons (Fsp3) is 0.519. The van der Waals surface area contributed by atoms with Gasteiger partial charge in [-0.05, 0) is 60.4 Å². The second-order valence-corrected chi connectivity index (χ2v) is 8.59. The van der Waals surface area contributed by atoms with Gasteiger partial charge in [-0.3, -0.25) is 4.79 Å². The molecule has 0 aliphatic carbocycles. The van der Waals surface area contributed by atoms with Crippen molar-refractivity contribution in [3.63, 3.8) is 0 Å². The molecule has 0 saturated heterocycles. The van der Waals surface area contributed by atoms with E-state index in [1.165, 1.54) is 11.1 Å². The summed E-state index contributed by atoms with van der Waals surface area (Å²) in [5.74, 6) is 2.27. The lowest BCUT2D eigenvalue weighted by molar-refractivity contribution is -0.116. The van der Waals surface area contributed by atoms with Gasteiger partial charge in [-0.15, -0.1) is 0 Å². The third-order valence-electron chi connectivity index (χ3n) is 5.34. The molecule has 0 atom stereocenters. The molecule has 0 heterocycles. The number of hydrogen-bond acceptors (Lipinski definition) is 3. The number of carbonyl (C=O) groups is 1. The highest BCUT2D eigenvalue weighted by molar-refractivity contribution is 5.92. The summed E-state index contributed by atoms with van der Waals surface area (Å²) in [4.78, 5) is 12.8. The smallest absolute Gasteiger partial charge is 0.224 e. The van der Waals surface area contributed by atoms with Crippen molar-refractivity contribution in [1.82, 2.24) is 0 Å². The molecule has 170 valence electrons. The molecule has 31 heavy (non-hydrogen) atoms. The van der Waals surface area contributed by atoms with Crippen LogP contribution in [0.3, 0.4) is 0 Å². The highest BCUT2D eigenvalue weighted by Crippen LogP contribution is 2.33. The van der Waals surface area contributed by atoms with Crippen molar-refractivity contribution in [3.05, 3.63) is 53.1 Å². The maximum atomic E-state index is 12.8. The zero-order valence-electron chi connectivity index (χ0n) is 20.1. The van der Waals surface area contributed by atoms with Crippen molar-refractivity contribution in [3.8, 4) is 11.5 Å². The Morgan fingerprint density at radius 1 is 0.935 bits per heavy atom. The number of para-hydroxylation sites is 1. The van der Waals surface area contributed by atoms with Crippen molar-refractivity contribution < 1.29 is 14.3 Å². The first kappa shape index (κ1) is 24.8. The second-order valence-electron chi connectivity index (χ2n) is 8.59. The fourth-order valence-electron chi connectivity index (χ4n) is 3.58. The minimum Gasteiger partial charge on any atom is -0.490 e. The van der Waals surface area contributed by atoms with Crippen molar-refractivity contribution in [2.75, 3.05) is 18.5 Å². The van der Waals surface area contributed by atoms with Crippen LogP contribution in [0, 0.1) is 0 Å². The van der Waals surface area contributed by atoms with E-state index in [-0.39, 0.29) is 5.91 Å². The van der Waals surface area contributed by atoms with Crippen LogP contribution < -0.4 is 14.8 Å². The van der Waals surface area contributed by atoms with E-state index in [1.807, 2.05) is 25.1 Å². The lowest BCUT2D eigenvalue weighted by Crippen LogP contribution is -2.16. The molecule has 0 saturated carbocycles. The molecule has 0 fully saturated rings. The molecule has 4 nitrogen and oxygen atoms in total. The molecule has 2 aromatic rings. The molecule has 2 rings (SSSR count). The van der Waals surface area contributed by atoms with Crippen LogP contribution in [-0.4, -0.2) is 19.1 Å². The van der Waals surface area contributed by atoms with Gasteiger partial charge in [0.2, 0.25) is 5.91 Å². The summed E-state index contributed by atoms with van der Waals surface area (Å²) in [6.07, 6.45) is 3.19. The molecular formula is C27H39NO3. The third kappa shape index (κ3) is 7.30. The lowest BCUT2D eigenvalue weighted by atomic mass is 9.92. The Morgan fingerprint density at radius 2 is 1.61 bits per heavy atom. The molecule has 0 spiro atoms. The molecule has 0 radical (unpaired) electrons. The van der Waals surface area contributed by atoms with Gasteiger partial charge in [-0.2, -0.15) is 0 Å². The first-order chi connectivity index (χ1) is 14.9. The van der Waals surface area contributed by atoms with Crippen molar-refractivity contribution >= 4 is 11.6 Å². The van der Waals surface area contributed by atoms with E-state index in [4.69, 9.17) is 9.47 Å². The van der Waals surface area contributed by atoms with Gasteiger partial charge < -0.3 is 14.8 Å². The van der Waals surface area contributed by atoms with E-state index in [1.54, 1.807) is 0 Å². The number of anilines is 1. The van der Waals surface area contributed by atoms with Crippen molar-refractivity contribution in [2.45, 2.75) is 79.1 Å². The normalized spacial score (nSPS) is 11.1. The Bertz CT molecular complexity index is 816. The van der Waals surface area contributed by atoms with E-state index in [0.717, 1.165) is 35.6 Å². The van der Waals surface area contributed by atoms with Crippen LogP contribution in [0.2, 0.25) is 0 Å². The Labute approximate surface area is 188 Å². The number of benzene rings is 2. The molecule has 0 aromatic heterocycles. The fourth-order valence-corrected chi connectivity index (χ4v) is 3.58. The minimum atomic E-state index is 0.0382. The zero-order valence-corrected chi connectivity index (χ0v) is 20.1. The molecule has 0 aliphatic rings. The Hall–Kier alpha value is -2.49. The monoisotopic (exact) mass is 425 g/mol. The summed E-state index contributed by atoms with van der Waals surface area (Å²) >= 11 is 0. The molecule has 0 bridgehead atoms. The highest BCUT2D eigenvalue weighted by Gasteiger charge is 2.16. The summed E-state index contributed by atoms with van der Waals surface area (Å²) in [6, 6.07) is 12.3. The zero-order chi connectivity index (χ0) is 22.8. The van der Waals surface area contributed by atoms with Crippen LogP contribution in [-0.2, 0) is 11.2 Å². The highest BCUT2D eigenvalue weighted by atomic mass is 16.5. The maximum Gasteiger partial charge on any atom is 0.224 e. The van der Waals surface area contributed by atoms with Crippen molar-refractivity contribution in [2.24, 2.45) is 0 Å². The number of rotatable bonds is 12. The molecule has 1 amide bonds. The average molecular weight is 426 g/mol. The van der Waals surface area contributed by atoms with Gasteiger partial charge in [0.1, 0.15) is 0 Å². The summed E-state index contributed by atoms with van der Waals surface area (Å²) in [5, 5.41) is 3.20. The van der Waals surface area contributed by atoms with E-state index in [2.05, 4.69) is 58.1 Å².